The molecule has 0 unspecified atom stereocenters. The van der Waals surface area contributed by atoms with E-state index in [1.165, 1.54) is 24.5 Å². The molecule has 2 aromatic carbocycles. The molecule has 162 valence electrons. The number of nitrogens with zero attached hydrogens (tertiary/aromatic N) is 1. The van der Waals surface area contributed by atoms with E-state index >= 15 is 0 Å². The van der Waals surface area contributed by atoms with Gasteiger partial charge in [0.1, 0.15) is 5.76 Å². The number of amides is 1. The molecule has 0 saturated carbocycles. The molecule has 0 fully saturated rings. The van der Waals surface area contributed by atoms with Crippen LogP contribution in [-0.4, -0.2) is 25.3 Å². The summed E-state index contributed by atoms with van der Waals surface area (Å²) in [7, 11) is -3.65. The van der Waals surface area contributed by atoms with Gasteiger partial charge in [0.2, 0.25) is 15.9 Å². The van der Waals surface area contributed by atoms with Crippen molar-refractivity contribution in [3.8, 4) is 0 Å². The number of sulfonamides is 1. The fraction of sp³-hybridized carbons (Fsp3) is 0.208. The van der Waals surface area contributed by atoms with Gasteiger partial charge >= 0.3 is 0 Å². The Morgan fingerprint density at radius 3 is 2.35 bits per heavy atom. The van der Waals surface area contributed by atoms with Crippen LogP contribution in [0.15, 0.2) is 88.4 Å². The van der Waals surface area contributed by atoms with Crippen molar-refractivity contribution in [1.82, 2.24) is 9.62 Å². The molecular formula is C24H26N2O4S. The van der Waals surface area contributed by atoms with E-state index in [-0.39, 0.29) is 23.4 Å². The minimum Gasteiger partial charge on any atom is -0.468 e. The minimum atomic E-state index is -3.65. The summed E-state index contributed by atoms with van der Waals surface area (Å²) in [6.07, 6.45) is 4.70. The lowest BCUT2D eigenvalue weighted by Gasteiger charge is -2.25. The number of carbonyl (C=O) groups excluding carboxylic acids is 1. The van der Waals surface area contributed by atoms with Crippen LogP contribution in [-0.2, 0) is 27.9 Å². The summed E-state index contributed by atoms with van der Waals surface area (Å²) in [6, 6.07) is 19.6. The van der Waals surface area contributed by atoms with Gasteiger partial charge in [0, 0.05) is 18.7 Å². The quantitative estimate of drug-likeness (QED) is 0.508. The third-order valence-electron chi connectivity index (χ3n) is 4.73. The second-order valence-corrected chi connectivity index (χ2v) is 9.12. The number of hydrogen-bond donors (Lipinski definition) is 1. The van der Waals surface area contributed by atoms with E-state index in [1.54, 1.807) is 35.2 Å². The number of benzene rings is 2. The minimum absolute atomic E-state index is 0.0464. The first-order valence-corrected chi connectivity index (χ1v) is 11.5. The van der Waals surface area contributed by atoms with Crippen LogP contribution in [0.25, 0.3) is 6.08 Å². The summed E-state index contributed by atoms with van der Waals surface area (Å²) >= 11 is 0. The second-order valence-electron chi connectivity index (χ2n) is 7.35. The van der Waals surface area contributed by atoms with E-state index in [9.17, 15) is 13.2 Å². The van der Waals surface area contributed by atoms with E-state index in [2.05, 4.69) is 4.72 Å². The van der Waals surface area contributed by atoms with Crippen molar-refractivity contribution in [3.05, 3.63) is 96.0 Å². The second kappa shape index (κ2) is 10.2. The number of rotatable bonds is 9. The predicted octanol–water partition coefficient (Wildman–Crippen LogP) is 4.21. The van der Waals surface area contributed by atoms with Crippen molar-refractivity contribution in [2.45, 2.75) is 37.9 Å². The van der Waals surface area contributed by atoms with Gasteiger partial charge in [-0.15, -0.1) is 0 Å². The molecule has 0 atom stereocenters. The first-order valence-electron chi connectivity index (χ1n) is 10.00. The van der Waals surface area contributed by atoms with Crippen molar-refractivity contribution in [2.24, 2.45) is 0 Å². The molecule has 31 heavy (non-hydrogen) atoms. The van der Waals surface area contributed by atoms with Crippen LogP contribution < -0.4 is 4.72 Å². The molecule has 1 heterocycles. The highest BCUT2D eigenvalue weighted by Crippen LogP contribution is 2.14. The molecule has 0 spiro atoms. The Hall–Kier alpha value is -3.16. The molecule has 0 aliphatic carbocycles. The lowest BCUT2D eigenvalue weighted by Crippen LogP contribution is -2.35. The van der Waals surface area contributed by atoms with Crippen LogP contribution in [0.3, 0.4) is 0 Å². The number of hydrogen-bond acceptors (Lipinski definition) is 4. The van der Waals surface area contributed by atoms with Gasteiger partial charge in [-0.3, -0.25) is 4.79 Å². The summed E-state index contributed by atoms with van der Waals surface area (Å²) in [5.41, 5.74) is 1.80. The molecule has 7 heteroatoms. The van der Waals surface area contributed by atoms with E-state index in [4.69, 9.17) is 4.42 Å². The Morgan fingerprint density at radius 1 is 1.03 bits per heavy atom. The van der Waals surface area contributed by atoms with Crippen molar-refractivity contribution in [3.63, 3.8) is 0 Å². The number of nitrogens with one attached hydrogen (secondary N) is 1. The lowest BCUT2D eigenvalue weighted by atomic mass is 10.1. The zero-order chi connectivity index (χ0) is 22.3. The molecule has 0 bridgehead atoms. The van der Waals surface area contributed by atoms with E-state index in [0.29, 0.717) is 12.3 Å². The maximum Gasteiger partial charge on any atom is 0.247 e. The van der Waals surface area contributed by atoms with Gasteiger partial charge in [-0.2, -0.15) is 0 Å². The monoisotopic (exact) mass is 438 g/mol. The maximum atomic E-state index is 12.7. The summed E-state index contributed by atoms with van der Waals surface area (Å²) in [5, 5.41) is 0. The van der Waals surface area contributed by atoms with Gasteiger partial charge in [0.25, 0.3) is 0 Å². The third kappa shape index (κ3) is 6.41. The molecule has 0 saturated heterocycles. The van der Waals surface area contributed by atoms with Gasteiger partial charge in [0.05, 0.1) is 17.7 Å². The fourth-order valence-electron chi connectivity index (χ4n) is 2.98. The Morgan fingerprint density at radius 2 is 1.74 bits per heavy atom. The van der Waals surface area contributed by atoms with Gasteiger partial charge in [-0.25, -0.2) is 13.1 Å². The Balaban J connectivity index is 1.64. The van der Waals surface area contributed by atoms with Gasteiger partial charge in [-0.05, 0) is 55.3 Å². The average Bonchev–Trinajstić information content (AvgIpc) is 3.29. The van der Waals surface area contributed by atoms with Gasteiger partial charge < -0.3 is 9.32 Å². The molecule has 3 aromatic rings. The maximum absolute atomic E-state index is 12.7. The smallest absolute Gasteiger partial charge is 0.247 e. The van der Waals surface area contributed by atoms with Gasteiger partial charge in [-0.1, -0.05) is 42.5 Å². The van der Waals surface area contributed by atoms with Crippen LogP contribution in [0.5, 0.6) is 0 Å². The Labute approximate surface area is 183 Å². The molecular weight excluding hydrogens is 412 g/mol. The van der Waals surface area contributed by atoms with Crippen LogP contribution in [0.1, 0.15) is 30.7 Å². The normalized spacial score (nSPS) is 11.8. The third-order valence-corrected chi connectivity index (χ3v) is 6.14. The molecule has 1 amide bonds. The van der Waals surface area contributed by atoms with Crippen molar-refractivity contribution >= 4 is 22.0 Å². The van der Waals surface area contributed by atoms with Crippen LogP contribution >= 0.6 is 0 Å². The Kier molecular flexibility index (Phi) is 7.44. The molecule has 3 rings (SSSR count). The average molecular weight is 439 g/mol. The standard InChI is InChI=1S/C24H26N2O4S/c1-19(2)26(18-21-7-4-3-5-8-21)24(27)15-12-20-10-13-23(14-11-20)31(28,29)25-17-22-9-6-16-30-22/h3-16,19,25H,17-18H2,1-2H3/b15-12+. The molecule has 0 radical (unpaired) electrons. The van der Waals surface area contributed by atoms with E-state index < -0.39 is 10.0 Å². The zero-order valence-electron chi connectivity index (χ0n) is 17.6. The summed E-state index contributed by atoms with van der Waals surface area (Å²) in [5.74, 6) is 0.433. The SMILES string of the molecule is CC(C)N(Cc1ccccc1)C(=O)/C=C/c1ccc(S(=O)(=O)NCc2ccco2)cc1. The van der Waals surface area contributed by atoms with Crippen molar-refractivity contribution in [2.75, 3.05) is 0 Å². The summed E-state index contributed by atoms with van der Waals surface area (Å²) in [6.45, 7) is 4.56. The van der Waals surface area contributed by atoms with Gasteiger partial charge in [0.15, 0.2) is 0 Å². The van der Waals surface area contributed by atoms with Crippen LogP contribution in [0.4, 0.5) is 0 Å². The fourth-order valence-corrected chi connectivity index (χ4v) is 3.97. The molecule has 6 nitrogen and oxygen atoms in total. The van der Waals surface area contributed by atoms with Crippen LogP contribution in [0, 0.1) is 0 Å². The van der Waals surface area contributed by atoms with E-state index in [1.807, 2.05) is 44.2 Å². The van der Waals surface area contributed by atoms with Crippen molar-refractivity contribution < 1.29 is 17.6 Å². The lowest BCUT2D eigenvalue weighted by molar-refractivity contribution is -0.128. The molecule has 0 aliphatic heterocycles. The number of furan rings is 1. The predicted molar refractivity (Wildman–Crippen MR) is 120 cm³/mol. The summed E-state index contributed by atoms with van der Waals surface area (Å²) in [4.78, 5) is 14.6. The topological polar surface area (TPSA) is 79.6 Å². The zero-order valence-corrected chi connectivity index (χ0v) is 18.4. The van der Waals surface area contributed by atoms with Crippen LogP contribution in [0.2, 0.25) is 0 Å². The van der Waals surface area contributed by atoms with E-state index in [0.717, 1.165) is 11.1 Å². The largest absolute Gasteiger partial charge is 0.468 e. The Bertz CT molecular complexity index is 1100. The summed E-state index contributed by atoms with van der Waals surface area (Å²) < 4.78 is 32.5. The first-order chi connectivity index (χ1) is 14.8. The first kappa shape index (κ1) is 22.5. The number of carbonyl (C=O) groups is 1. The van der Waals surface area contributed by atoms with Crippen molar-refractivity contribution in [1.29, 1.82) is 0 Å². The highest BCUT2D eigenvalue weighted by Gasteiger charge is 2.16. The molecule has 1 N–H and O–H groups in total. The molecule has 1 aromatic heterocycles. The highest BCUT2D eigenvalue weighted by molar-refractivity contribution is 7.89. The molecule has 0 aliphatic rings. The highest BCUT2D eigenvalue weighted by atomic mass is 32.2.